The largest absolute Gasteiger partial charge is 0.459 e. The van der Waals surface area contributed by atoms with Crippen molar-refractivity contribution in [1.29, 1.82) is 0 Å². The summed E-state index contributed by atoms with van der Waals surface area (Å²) in [7, 11) is 0. The number of esters is 1. The SMILES string of the molecule is CC=C(C)C(=O)OC1CCC2=CC(=O)C(C3(C)CO3)CC2(C)C1C. The highest BCUT2D eigenvalue weighted by atomic mass is 16.6. The van der Waals surface area contributed by atoms with Gasteiger partial charge in [-0.3, -0.25) is 4.79 Å². The van der Waals surface area contributed by atoms with Crippen LogP contribution in [0.25, 0.3) is 0 Å². The first-order valence-electron chi connectivity index (χ1n) is 8.94. The second-order valence-corrected chi connectivity index (χ2v) is 8.09. The Bertz CT molecular complexity index is 626. The molecule has 0 amide bonds. The monoisotopic (exact) mass is 332 g/mol. The van der Waals surface area contributed by atoms with Crippen molar-refractivity contribution in [2.75, 3.05) is 6.61 Å². The van der Waals surface area contributed by atoms with Gasteiger partial charge in [-0.1, -0.05) is 25.5 Å². The van der Waals surface area contributed by atoms with E-state index < -0.39 is 0 Å². The minimum absolute atomic E-state index is 0.0829. The molecule has 4 heteroatoms. The molecule has 0 radical (unpaired) electrons. The van der Waals surface area contributed by atoms with Crippen molar-refractivity contribution < 1.29 is 19.1 Å². The van der Waals surface area contributed by atoms with Crippen LogP contribution < -0.4 is 0 Å². The van der Waals surface area contributed by atoms with Crippen LogP contribution >= 0.6 is 0 Å². The first-order chi connectivity index (χ1) is 11.2. The Morgan fingerprint density at radius 2 is 2.08 bits per heavy atom. The number of hydrogen-bond acceptors (Lipinski definition) is 4. The molecule has 3 rings (SSSR count). The van der Waals surface area contributed by atoms with Gasteiger partial charge < -0.3 is 9.47 Å². The van der Waals surface area contributed by atoms with Gasteiger partial charge in [0.25, 0.3) is 0 Å². The Morgan fingerprint density at radius 1 is 1.42 bits per heavy atom. The van der Waals surface area contributed by atoms with E-state index in [2.05, 4.69) is 13.8 Å². The average Bonchev–Trinajstić information content (AvgIpc) is 3.29. The number of carbonyl (C=O) groups is 2. The molecule has 2 aliphatic carbocycles. The molecule has 5 unspecified atom stereocenters. The summed E-state index contributed by atoms with van der Waals surface area (Å²) in [6.45, 7) is 10.7. The molecule has 5 atom stereocenters. The summed E-state index contributed by atoms with van der Waals surface area (Å²) in [6, 6.07) is 0. The fourth-order valence-electron chi connectivity index (χ4n) is 4.23. The van der Waals surface area contributed by atoms with Crippen molar-refractivity contribution in [2.24, 2.45) is 17.3 Å². The molecule has 0 N–H and O–H groups in total. The lowest BCUT2D eigenvalue weighted by Crippen LogP contribution is -2.48. The number of allylic oxidation sites excluding steroid dienone is 3. The third-order valence-corrected chi connectivity index (χ3v) is 6.63. The highest BCUT2D eigenvalue weighted by Gasteiger charge is 2.57. The van der Waals surface area contributed by atoms with E-state index in [0.717, 1.165) is 19.3 Å². The number of rotatable bonds is 3. The van der Waals surface area contributed by atoms with Crippen molar-refractivity contribution in [2.45, 2.75) is 65.6 Å². The molecule has 2 fully saturated rings. The second kappa shape index (κ2) is 5.83. The number of ether oxygens (including phenoxy) is 2. The van der Waals surface area contributed by atoms with Crippen LogP contribution in [-0.2, 0) is 19.1 Å². The standard InChI is InChI=1S/C20H28O4/c1-6-12(2)18(22)24-17-8-7-14-9-16(21)15(20(5)11-23-20)10-19(14,4)13(17)3/h6,9,13,15,17H,7-8,10-11H2,1-5H3. The number of fused-ring (bicyclic) bond motifs is 1. The van der Waals surface area contributed by atoms with Gasteiger partial charge in [0, 0.05) is 11.5 Å². The lowest BCUT2D eigenvalue weighted by atomic mass is 9.56. The number of epoxide rings is 1. The van der Waals surface area contributed by atoms with Crippen LogP contribution in [0.5, 0.6) is 0 Å². The summed E-state index contributed by atoms with van der Waals surface area (Å²) in [5.74, 6) is 0.0747. The minimum atomic E-state index is -0.299. The molecule has 0 spiro atoms. The third-order valence-electron chi connectivity index (χ3n) is 6.63. The Balaban J connectivity index is 1.82. The minimum Gasteiger partial charge on any atom is -0.459 e. The zero-order valence-corrected chi connectivity index (χ0v) is 15.3. The van der Waals surface area contributed by atoms with Crippen LogP contribution in [0.15, 0.2) is 23.3 Å². The molecule has 1 aliphatic heterocycles. The van der Waals surface area contributed by atoms with Crippen molar-refractivity contribution in [3.8, 4) is 0 Å². The van der Waals surface area contributed by atoms with Gasteiger partial charge in [-0.15, -0.1) is 0 Å². The predicted octanol–water partition coefficient (Wildman–Crippen LogP) is 3.60. The van der Waals surface area contributed by atoms with Gasteiger partial charge in [0.1, 0.15) is 6.10 Å². The zero-order valence-electron chi connectivity index (χ0n) is 15.3. The van der Waals surface area contributed by atoms with Crippen LogP contribution in [-0.4, -0.2) is 30.1 Å². The summed E-state index contributed by atoms with van der Waals surface area (Å²) >= 11 is 0. The topological polar surface area (TPSA) is 55.9 Å². The predicted molar refractivity (Wildman–Crippen MR) is 91.4 cm³/mol. The Kier molecular flexibility index (Phi) is 4.23. The molecule has 1 heterocycles. The highest BCUT2D eigenvalue weighted by molar-refractivity contribution is 5.95. The van der Waals surface area contributed by atoms with E-state index in [0.29, 0.717) is 12.2 Å². The highest BCUT2D eigenvalue weighted by Crippen LogP contribution is 2.55. The summed E-state index contributed by atoms with van der Waals surface area (Å²) in [5, 5.41) is 0. The van der Waals surface area contributed by atoms with Crippen molar-refractivity contribution >= 4 is 11.8 Å². The Labute approximate surface area is 144 Å². The second-order valence-electron chi connectivity index (χ2n) is 8.09. The quantitative estimate of drug-likeness (QED) is 0.450. The van der Waals surface area contributed by atoms with Gasteiger partial charge in [-0.2, -0.15) is 0 Å². The molecule has 0 aromatic rings. The van der Waals surface area contributed by atoms with Crippen LogP contribution in [0.2, 0.25) is 0 Å². The first-order valence-corrected chi connectivity index (χ1v) is 8.94. The van der Waals surface area contributed by atoms with Gasteiger partial charge >= 0.3 is 5.97 Å². The maximum absolute atomic E-state index is 12.5. The third kappa shape index (κ3) is 2.75. The van der Waals surface area contributed by atoms with Gasteiger partial charge in [0.2, 0.25) is 0 Å². The molecule has 1 saturated heterocycles. The van der Waals surface area contributed by atoms with E-state index in [4.69, 9.17) is 9.47 Å². The summed E-state index contributed by atoms with van der Waals surface area (Å²) < 4.78 is 11.3. The van der Waals surface area contributed by atoms with Gasteiger partial charge in [0.05, 0.1) is 18.1 Å². The molecule has 3 aliphatic rings. The van der Waals surface area contributed by atoms with Crippen molar-refractivity contribution in [1.82, 2.24) is 0 Å². The maximum atomic E-state index is 12.5. The van der Waals surface area contributed by atoms with E-state index >= 15 is 0 Å². The summed E-state index contributed by atoms with van der Waals surface area (Å²) in [5.41, 5.74) is 1.45. The van der Waals surface area contributed by atoms with Crippen LogP contribution in [0.3, 0.4) is 0 Å². The fraction of sp³-hybridized carbons (Fsp3) is 0.700. The van der Waals surface area contributed by atoms with Crippen LogP contribution in [0, 0.1) is 17.3 Å². The molecule has 4 nitrogen and oxygen atoms in total. The molecule has 1 saturated carbocycles. The van der Waals surface area contributed by atoms with Gasteiger partial charge in [-0.25, -0.2) is 4.79 Å². The lowest BCUT2D eigenvalue weighted by Gasteiger charge is -2.49. The maximum Gasteiger partial charge on any atom is 0.333 e. The fourth-order valence-corrected chi connectivity index (χ4v) is 4.23. The van der Waals surface area contributed by atoms with E-state index in [1.807, 2.05) is 19.9 Å². The van der Waals surface area contributed by atoms with Crippen molar-refractivity contribution in [3.63, 3.8) is 0 Å². The number of ketones is 1. The van der Waals surface area contributed by atoms with Crippen molar-refractivity contribution in [3.05, 3.63) is 23.3 Å². The Hall–Kier alpha value is -1.42. The van der Waals surface area contributed by atoms with E-state index in [9.17, 15) is 9.59 Å². The van der Waals surface area contributed by atoms with Gasteiger partial charge in [-0.05, 0) is 51.5 Å². The normalized spacial score (nSPS) is 42.2. The van der Waals surface area contributed by atoms with E-state index in [1.54, 1.807) is 13.0 Å². The van der Waals surface area contributed by atoms with Crippen LogP contribution in [0.1, 0.15) is 53.9 Å². The molecular weight excluding hydrogens is 304 g/mol. The average molecular weight is 332 g/mol. The number of carbonyl (C=O) groups excluding carboxylic acids is 2. The number of hydrogen-bond donors (Lipinski definition) is 0. The molecule has 0 aromatic carbocycles. The molecule has 132 valence electrons. The molecule has 0 aromatic heterocycles. The molecule has 0 bridgehead atoms. The van der Waals surface area contributed by atoms with Crippen LogP contribution in [0.4, 0.5) is 0 Å². The zero-order chi connectivity index (χ0) is 17.7. The van der Waals surface area contributed by atoms with E-state index in [-0.39, 0.29) is 40.7 Å². The van der Waals surface area contributed by atoms with E-state index in [1.165, 1.54) is 5.57 Å². The summed E-state index contributed by atoms with van der Waals surface area (Å²) in [4.78, 5) is 24.7. The van der Waals surface area contributed by atoms with Gasteiger partial charge in [0.15, 0.2) is 5.78 Å². The first kappa shape index (κ1) is 17.4. The molecular formula is C20H28O4. The lowest BCUT2D eigenvalue weighted by molar-refractivity contribution is -0.152. The Morgan fingerprint density at radius 3 is 2.67 bits per heavy atom. The molecule has 24 heavy (non-hydrogen) atoms. The summed E-state index contributed by atoms with van der Waals surface area (Å²) in [6.07, 6.45) is 5.93. The smallest absolute Gasteiger partial charge is 0.333 e.